The van der Waals surface area contributed by atoms with E-state index < -0.39 is 5.97 Å². The van der Waals surface area contributed by atoms with Crippen molar-refractivity contribution in [1.82, 2.24) is 10.4 Å². The SMILES string of the molecule is COc1cc(CCC(=O)O)cc2c1N(C)NN2c1cccc2c1CCN(C(=O)c1ccc(OCC3CC3)cc1Cl)C2. The van der Waals surface area contributed by atoms with E-state index in [0.717, 1.165) is 33.8 Å². The summed E-state index contributed by atoms with van der Waals surface area (Å²) in [5.41, 5.74) is 9.71. The third-order valence-electron chi connectivity index (χ3n) is 7.91. The van der Waals surface area contributed by atoms with Gasteiger partial charge in [-0.1, -0.05) is 23.7 Å². The topological polar surface area (TPSA) is 94.6 Å². The van der Waals surface area contributed by atoms with Crippen LogP contribution in [0.15, 0.2) is 48.5 Å². The molecule has 3 aromatic rings. The first-order valence-corrected chi connectivity index (χ1v) is 14.3. The van der Waals surface area contributed by atoms with Crippen molar-refractivity contribution in [1.29, 1.82) is 0 Å². The molecule has 0 aromatic heterocycles. The molecule has 1 fully saturated rings. The van der Waals surface area contributed by atoms with E-state index >= 15 is 0 Å². The first kappa shape index (κ1) is 27.2. The van der Waals surface area contributed by atoms with Gasteiger partial charge in [0, 0.05) is 26.6 Å². The lowest BCUT2D eigenvalue weighted by molar-refractivity contribution is -0.136. The second-order valence-electron chi connectivity index (χ2n) is 10.8. The van der Waals surface area contributed by atoms with Crippen LogP contribution in [0.3, 0.4) is 0 Å². The number of nitrogens with zero attached hydrogens (tertiary/aromatic N) is 3. The number of hydrogen-bond acceptors (Lipinski definition) is 7. The van der Waals surface area contributed by atoms with Crippen molar-refractivity contribution in [3.05, 3.63) is 75.8 Å². The maximum Gasteiger partial charge on any atom is 0.303 e. The molecular formula is C31H33ClN4O5. The van der Waals surface area contributed by atoms with Crippen LogP contribution in [0.25, 0.3) is 0 Å². The van der Waals surface area contributed by atoms with Gasteiger partial charge in [-0.15, -0.1) is 5.53 Å². The van der Waals surface area contributed by atoms with Crippen LogP contribution in [0.5, 0.6) is 11.5 Å². The molecule has 0 spiro atoms. The van der Waals surface area contributed by atoms with Crippen molar-refractivity contribution in [2.24, 2.45) is 5.92 Å². The summed E-state index contributed by atoms with van der Waals surface area (Å²) in [7, 11) is 3.53. The molecule has 1 amide bonds. The summed E-state index contributed by atoms with van der Waals surface area (Å²) >= 11 is 6.53. The Bertz CT molecular complexity index is 1510. The number of methoxy groups -OCH3 is 1. The van der Waals surface area contributed by atoms with Crippen LogP contribution < -0.4 is 25.0 Å². The van der Waals surface area contributed by atoms with E-state index in [0.29, 0.717) is 60.5 Å². The molecule has 0 saturated heterocycles. The highest BCUT2D eigenvalue weighted by Gasteiger charge is 2.32. The van der Waals surface area contributed by atoms with Crippen molar-refractivity contribution in [2.75, 3.05) is 37.3 Å². The number of halogens is 1. The Labute approximate surface area is 244 Å². The lowest BCUT2D eigenvalue weighted by Gasteiger charge is -2.32. The fraction of sp³-hybridized carbons (Fsp3) is 0.355. The van der Waals surface area contributed by atoms with Gasteiger partial charge in [-0.2, -0.15) is 0 Å². The van der Waals surface area contributed by atoms with Gasteiger partial charge in [0.15, 0.2) is 0 Å². The Morgan fingerprint density at radius 2 is 1.95 bits per heavy atom. The number of anilines is 3. The van der Waals surface area contributed by atoms with Crippen LogP contribution in [-0.4, -0.2) is 49.2 Å². The maximum absolute atomic E-state index is 13.5. The third-order valence-corrected chi connectivity index (χ3v) is 8.22. The van der Waals surface area contributed by atoms with Gasteiger partial charge in [-0.3, -0.25) is 19.6 Å². The van der Waals surface area contributed by atoms with Crippen LogP contribution in [0, 0.1) is 5.92 Å². The van der Waals surface area contributed by atoms with E-state index in [1.165, 1.54) is 12.8 Å². The number of carboxylic acid groups (broad SMARTS) is 1. The fourth-order valence-electron chi connectivity index (χ4n) is 5.55. The van der Waals surface area contributed by atoms with Gasteiger partial charge in [-0.25, -0.2) is 0 Å². The first-order valence-electron chi connectivity index (χ1n) is 13.9. The summed E-state index contributed by atoms with van der Waals surface area (Å²) in [5.74, 6) is 1.06. The van der Waals surface area contributed by atoms with Crippen LogP contribution >= 0.6 is 11.6 Å². The third kappa shape index (κ3) is 5.52. The van der Waals surface area contributed by atoms with E-state index in [-0.39, 0.29) is 12.3 Å². The number of rotatable bonds is 9. The number of carbonyl (C=O) groups is 2. The zero-order valence-electron chi connectivity index (χ0n) is 23.2. The molecule has 10 heteroatoms. The van der Waals surface area contributed by atoms with E-state index in [9.17, 15) is 14.7 Å². The smallest absolute Gasteiger partial charge is 0.303 e. The number of hydrogen-bond donors (Lipinski definition) is 2. The van der Waals surface area contributed by atoms with Crippen molar-refractivity contribution < 1.29 is 24.2 Å². The lowest BCUT2D eigenvalue weighted by atomic mass is 9.96. The maximum atomic E-state index is 13.5. The second kappa shape index (κ2) is 11.1. The molecule has 2 heterocycles. The Kier molecular flexibility index (Phi) is 7.40. The van der Waals surface area contributed by atoms with E-state index in [4.69, 9.17) is 21.1 Å². The summed E-state index contributed by atoms with van der Waals surface area (Å²) in [6, 6.07) is 15.3. The molecule has 2 aliphatic heterocycles. The summed E-state index contributed by atoms with van der Waals surface area (Å²) in [4.78, 5) is 26.5. The number of ether oxygens (including phenoxy) is 2. The van der Waals surface area contributed by atoms with Gasteiger partial charge in [0.2, 0.25) is 0 Å². The van der Waals surface area contributed by atoms with E-state index in [2.05, 4.69) is 17.7 Å². The number of nitrogens with one attached hydrogen (secondary N) is 1. The average Bonchev–Trinajstić information content (AvgIpc) is 3.75. The van der Waals surface area contributed by atoms with E-state index in [1.807, 2.05) is 46.2 Å². The molecule has 6 rings (SSSR count). The summed E-state index contributed by atoms with van der Waals surface area (Å²) in [6.07, 6.45) is 3.53. The molecule has 3 aromatic carbocycles. The molecule has 0 unspecified atom stereocenters. The van der Waals surface area contributed by atoms with Crippen LogP contribution in [0.2, 0.25) is 5.02 Å². The highest BCUT2D eigenvalue weighted by atomic mass is 35.5. The fourth-order valence-corrected chi connectivity index (χ4v) is 5.80. The molecular weight excluding hydrogens is 544 g/mol. The Morgan fingerprint density at radius 3 is 2.68 bits per heavy atom. The highest BCUT2D eigenvalue weighted by molar-refractivity contribution is 6.34. The molecule has 1 aliphatic carbocycles. The van der Waals surface area contributed by atoms with Crippen LogP contribution in [0.1, 0.15) is 46.3 Å². The average molecular weight is 577 g/mol. The minimum absolute atomic E-state index is 0.0377. The van der Waals surface area contributed by atoms with Gasteiger partial charge in [0.25, 0.3) is 5.91 Å². The van der Waals surface area contributed by atoms with Gasteiger partial charge in [0.05, 0.1) is 35.7 Å². The molecule has 41 heavy (non-hydrogen) atoms. The van der Waals surface area contributed by atoms with E-state index in [1.54, 1.807) is 19.2 Å². The predicted molar refractivity (Wildman–Crippen MR) is 157 cm³/mol. The zero-order valence-corrected chi connectivity index (χ0v) is 23.9. The lowest BCUT2D eigenvalue weighted by Crippen LogP contribution is -2.41. The first-order chi connectivity index (χ1) is 19.8. The number of benzene rings is 3. The Balaban J connectivity index is 1.24. The highest BCUT2D eigenvalue weighted by Crippen LogP contribution is 2.46. The molecule has 9 nitrogen and oxygen atoms in total. The summed E-state index contributed by atoms with van der Waals surface area (Å²) < 4.78 is 11.5. The number of carboxylic acids is 1. The van der Waals surface area contributed by atoms with Gasteiger partial charge < -0.3 is 19.5 Å². The summed E-state index contributed by atoms with van der Waals surface area (Å²) in [5, 5.41) is 13.5. The van der Waals surface area contributed by atoms with Crippen molar-refractivity contribution in [3.8, 4) is 11.5 Å². The van der Waals surface area contributed by atoms with Crippen LogP contribution in [-0.2, 0) is 24.2 Å². The standard InChI is InChI=1S/C31H33ClN4O5/c1-34-30-27(14-20(8-11-29(37)38)15-28(30)40-2)36(33-34)26-5-3-4-21-17-35(13-12-23(21)26)31(39)24-10-9-22(16-25(24)32)41-18-19-6-7-19/h3-5,9-10,14-16,19,33H,6-8,11-13,17-18H2,1-2H3,(H,37,38). The van der Waals surface area contributed by atoms with Crippen molar-refractivity contribution in [3.63, 3.8) is 0 Å². The Morgan fingerprint density at radius 1 is 1.12 bits per heavy atom. The number of hydrazine groups is 2. The molecule has 2 N–H and O–H groups in total. The predicted octanol–water partition coefficient (Wildman–Crippen LogP) is 5.36. The number of fused-ring (bicyclic) bond motifs is 2. The molecule has 3 aliphatic rings. The minimum atomic E-state index is -0.841. The van der Waals surface area contributed by atoms with Gasteiger partial charge in [-0.05, 0) is 84.7 Å². The Hall–Kier alpha value is -3.95. The number of amides is 1. The van der Waals surface area contributed by atoms with Crippen LogP contribution in [0.4, 0.5) is 17.1 Å². The normalized spacial score (nSPS) is 15.9. The van der Waals surface area contributed by atoms with Gasteiger partial charge in [0.1, 0.15) is 17.2 Å². The van der Waals surface area contributed by atoms with Gasteiger partial charge >= 0.3 is 5.97 Å². The quantitative estimate of drug-likeness (QED) is 0.352. The largest absolute Gasteiger partial charge is 0.494 e. The monoisotopic (exact) mass is 576 g/mol. The molecule has 0 bridgehead atoms. The minimum Gasteiger partial charge on any atom is -0.494 e. The summed E-state index contributed by atoms with van der Waals surface area (Å²) in [6.45, 7) is 1.71. The number of carbonyl (C=O) groups excluding carboxylic acids is 1. The molecule has 0 radical (unpaired) electrons. The second-order valence-corrected chi connectivity index (χ2v) is 11.2. The zero-order chi connectivity index (χ0) is 28.7. The molecule has 1 saturated carbocycles. The molecule has 0 atom stereocenters. The number of aryl methyl sites for hydroxylation is 1. The van der Waals surface area contributed by atoms with Crippen molar-refractivity contribution in [2.45, 2.75) is 38.6 Å². The number of aliphatic carboxylic acids is 1. The molecule has 214 valence electrons. The van der Waals surface area contributed by atoms with Crippen molar-refractivity contribution >= 4 is 40.5 Å².